The van der Waals surface area contributed by atoms with Gasteiger partial charge in [0, 0.05) is 18.0 Å². The molecule has 1 aromatic carbocycles. The molecule has 1 aromatic heterocycles. The summed E-state index contributed by atoms with van der Waals surface area (Å²) in [7, 11) is 0. The third-order valence-corrected chi connectivity index (χ3v) is 6.06. The minimum absolute atomic E-state index is 0.132. The van der Waals surface area contributed by atoms with Crippen LogP contribution in [0, 0.1) is 17.1 Å². The maximum atomic E-state index is 14.2. The molecule has 3 nitrogen and oxygen atoms in total. The van der Waals surface area contributed by atoms with Crippen LogP contribution in [0.2, 0.25) is 0 Å². The summed E-state index contributed by atoms with van der Waals surface area (Å²) in [5.41, 5.74) is 2.40. The van der Waals surface area contributed by atoms with E-state index in [1.54, 1.807) is 11.0 Å². The minimum atomic E-state index is -0.910. The number of hydrogen-bond acceptors (Lipinski definition) is 2. The molecule has 0 unspecified atom stereocenters. The lowest BCUT2D eigenvalue weighted by atomic mass is 9.94. The first-order valence-corrected chi connectivity index (χ1v) is 10.2. The molecule has 1 saturated carbocycles. The van der Waals surface area contributed by atoms with Gasteiger partial charge in [0.1, 0.15) is 25.2 Å². The standard InChI is InChI=1S/C23H24F3N3/c24-13-18(14-25)28-11-5-4-8-21(28)23-20(15-27)19-10-9-16(26)12-22(19)29(23)17-6-2-1-3-7-17/h4-5,8-10,12,17-18H,1-3,6-7,11,13-14H2. The van der Waals surface area contributed by atoms with Crippen LogP contribution >= 0.6 is 0 Å². The van der Waals surface area contributed by atoms with Crippen molar-refractivity contribution in [3.8, 4) is 6.07 Å². The fourth-order valence-electron chi connectivity index (χ4n) is 4.66. The summed E-state index contributed by atoms with van der Waals surface area (Å²) >= 11 is 0. The molecule has 1 aliphatic carbocycles. The Bertz CT molecular complexity index is 989. The van der Waals surface area contributed by atoms with E-state index in [2.05, 4.69) is 10.6 Å². The van der Waals surface area contributed by atoms with Crippen molar-refractivity contribution in [1.82, 2.24) is 9.47 Å². The lowest BCUT2D eigenvalue weighted by molar-refractivity contribution is 0.211. The third kappa shape index (κ3) is 3.43. The molecule has 2 aromatic rings. The van der Waals surface area contributed by atoms with Crippen LogP contribution in [-0.4, -0.2) is 35.4 Å². The molecule has 0 amide bonds. The van der Waals surface area contributed by atoms with Crippen LogP contribution in [0.4, 0.5) is 13.2 Å². The van der Waals surface area contributed by atoms with Gasteiger partial charge in [0.25, 0.3) is 0 Å². The molecular weight excluding hydrogens is 375 g/mol. The number of halogens is 3. The van der Waals surface area contributed by atoms with Crippen LogP contribution in [0.25, 0.3) is 16.6 Å². The average Bonchev–Trinajstić information content (AvgIpc) is 3.08. The Hall–Kier alpha value is -2.68. The van der Waals surface area contributed by atoms with Crippen molar-refractivity contribution in [3.05, 3.63) is 53.5 Å². The first-order valence-electron chi connectivity index (χ1n) is 10.2. The predicted molar refractivity (Wildman–Crippen MR) is 108 cm³/mol. The molecule has 0 N–H and O–H groups in total. The predicted octanol–water partition coefficient (Wildman–Crippen LogP) is 5.68. The third-order valence-electron chi connectivity index (χ3n) is 6.06. The second-order valence-corrected chi connectivity index (χ2v) is 7.75. The quantitative estimate of drug-likeness (QED) is 0.648. The maximum absolute atomic E-state index is 14.2. The maximum Gasteiger partial charge on any atom is 0.125 e. The Morgan fingerprint density at radius 2 is 1.90 bits per heavy atom. The van der Waals surface area contributed by atoms with Crippen molar-refractivity contribution in [2.24, 2.45) is 0 Å². The van der Waals surface area contributed by atoms with Crippen LogP contribution in [0.3, 0.4) is 0 Å². The van der Waals surface area contributed by atoms with Crippen molar-refractivity contribution >= 4 is 16.6 Å². The molecule has 4 rings (SSSR count). The Morgan fingerprint density at radius 1 is 1.14 bits per heavy atom. The van der Waals surface area contributed by atoms with Crippen LogP contribution in [-0.2, 0) is 0 Å². The van der Waals surface area contributed by atoms with Gasteiger partial charge in [-0.15, -0.1) is 0 Å². The lowest BCUT2D eigenvalue weighted by Crippen LogP contribution is -2.39. The number of rotatable bonds is 5. The summed E-state index contributed by atoms with van der Waals surface area (Å²) in [6, 6.07) is 5.98. The van der Waals surface area contributed by atoms with E-state index >= 15 is 0 Å². The molecule has 29 heavy (non-hydrogen) atoms. The fraction of sp³-hybridized carbons (Fsp3) is 0.435. The van der Waals surface area contributed by atoms with Gasteiger partial charge in [-0.2, -0.15) is 5.26 Å². The summed E-state index contributed by atoms with van der Waals surface area (Å²) in [5, 5.41) is 10.7. The summed E-state index contributed by atoms with van der Waals surface area (Å²) < 4.78 is 43.4. The van der Waals surface area contributed by atoms with Crippen molar-refractivity contribution in [1.29, 1.82) is 5.26 Å². The average molecular weight is 399 g/mol. The molecule has 0 spiro atoms. The number of aromatic nitrogens is 1. The lowest BCUT2D eigenvalue weighted by Gasteiger charge is -2.35. The number of allylic oxidation sites excluding steroid dienone is 2. The van der Waals surface area contributed by atoms with Gasteiger partial charge in [-0.25, -0.2) is 13.2 Å². The van der Waals surface area contributed by atoms with E-state index in [0.29, 0.717) is 34.4 Å². The topological polar surface area (TPSA) is 32.0 Å². The molecule has 1 fully saturated rings. The number of nitrogens with zero attached hydrogens (tertiary/aromatic N) is 3. The second-order valence-electron chi connectivity index (χ2n) is 7.75. The minimum Gasteiger partial charge on any atom is -0.358 e. The number of hydrogen-bond donors (Lipinski definition) is 0. The van der Waals surface area contributed by atoms with Gasteiger partial charge in [0.15, 0.2) is 0 Å². The summed E-state index contributed by atoms with van der Waals surface area (Å²) in [4.78, 5) is 1.69. The molecule has 6 heteroatoms. The van der Waals surface area contributed by atoms with Gasteiger partial charge in [0.2, 0.25) is 0 Å². The highest BCUT2D eigenvalue weighted by Gasteiger charge is 2.31. The van der Waals surface area contributed by atoms with E-state index in [1.165, 1.54) is 12.1 Å². The van der Waals surface area contributed by atoms with Crippen LogP contribution < -0.4 is 0 Å². The van der Waals surface area contributed by atoms with Crippen molar-refractivity contribution < 1.29 is 13.2 Å². The van der Waals surface area contributed by atoms with Crippen molar-refractivity contribution in [2.45, 2.75) is 44.2 Å². The van der Waals surface area contributed by atoms with E-state index in [0.717, 1.165) is 32.1 Å². The Labute approximate surface area is 168 Å². The smallest absolute Gasteiger partial charge is 0.125 e. The second kappa shape index (κ2) is 8.36. The molecule has 0 atom stereocenters. The van der Waals surface area contributed by atoms with Gasteiger partial charge in [0.05, 0.1) is 28.5 Å². The van der Waals surface area contributed by atoms with E-state index in [-0.39, 0.29) is 11.9 Å². The van der Waals surface area contributed by atoms with E-state index in [9.17, 15) is 18.4 Å². The first kappa shape index (κ1) is 19.6. The highest BCUT2D eigenvalue weighted by atomic mass is 19.1. The largest absolute Gasteiger partial charge is 0.358 e. The SMILES string of the molecule is N#Cc1c(C2=CC=CCN2C(CF)CF)n(C2CCCCC2)c2cc(F)ccc12. The van der Waals surface area contributed by atoms with Gasteiger partial charge in [-0.1, -0.05) is 31.4 Å². The van der Waals surface area contributed by atoms with Crippen LogP contribution in [0.15, 0.2) is 36.4 Å². The zero-order valence-corrected chi connectivity index (χ0v) is 16.3. The Balaban J connectivity index is 1.98. The van der Waals surface area contributed by atoms with Crippen LogP contribution in [0.1, 0.15) is 49.4 Å². The summed E-state index contributed by atoms with van der Waals surface area (Å²) in [6.45, 7) is -1.26. The zero-order valence-electron chi connectivity index (χ0n) is 16.3. The number of benzene rings is 1. The van der Waals surface area contributed by atoms with E-state index in [1.807, 2.05) is 18.2 Å². The molecule has 0 saturated heterocycles. The molecular formula is C23H24F3N3. The monoisotopic (exact) mass is 399 g/mol. The van der Waals surface area contributed by atoms with E-state index in [4.69, 9.17) is 0 Å². The Morgan fingerprint density at radius 3 is 2.59 bits per heavy atom. The number of nitriles is 1. The normalized spacial score (nSPS) is 17.8. The van der Waals surface area contributed by atoms with Crippen LogP contribution in [0.5, 0.6) is 0 Å². The molecule has 2 heterocycles. The molecule has 1 aliphatic heterocycles. The highest BCUT2D eigenvalue weighted by molar-refractivity contribution is 5.93. The number of alkyl halides is 2. The van der Waals surface area contributed by atoms with Gasteiger partial charge in [-0.3, -0.25) is 0 Å². The number of fused-ring (bicyclic) bond motifs is 1. The van der Waals surface area contributed by atoms with Gasteiger partial charge in [-0.05, 0) is 37.1 Å². The Kier molecular flexibility index (Phi) is 5.66. The molecule has 2 aliphatic rings. The summed E-state index contributed by atoms with van der Waals surface area (Å²) in [6.07, 6.45) is 10.7. The zero-order chi connectivity index (χ0) is 20.4. The first-order chi connectivity index (χ1) is 14.2. The van der Waals surface area contributed by atoms with Crippen molar-refractivity contribution in [2.75, 3.05) is 19.9 Å². The fourth-order valence-corrected chi connectivity index (χ4v) is 4.66. The molecule has 0 radical (unpaired) electrons. The van der Waals surface area contributed by atoms with Crippen molar-refractivity contribution in [3.63, 3.8) is 0 Å². The highest BCUT2D eigenvalue weighted by Crippen LogP contribution is 2.40. The van der Waals surface area contributed by atoms with E-state index < -0.39 is 19.4 Å². The molecule has 152 valence electrons. The molecule has 0 bridgehead atoms. The summed E-state index contributed by atoms with van der Waals surface area (Å²) in [5.74, 6) is -0.358. The van der Waals surface area contributed by atoms with Gasteiger partial charge >= 0.3 is 0 Å². The van der Waals surface area contributed by atoms with Gasteiger partial charge < -0.3 is 9.47 Å².